The molecule has 1 unspecified atom stereocenters. The largest absolute Gasteiger partial charge is 0.394 e. The SMILES string of the molecule is CCNC(C)(CO)CCCN1CCCN(C)CC1. The second-order valence-corrected chi connectivity index (χ2v) is 5.85. The number of nitrogens with one attached hydrogen (secondary N) is 1. The summed E-state index contributed by atoms with van der Waals surface area (Å²) in [5, 5.41) is 12.8. The van der Waals surface area contributed by atoms with Gasteiger partial charge in [0.25, 0.3) is 0 Å². The Morgan fingerprint density at radius 1 is 1.22 bits per heavy atom. The molecule has 0 aromatic carbocycles. The highest BCUT2D eigenvalue weighted by Gasteiger charge is 2.21. The maximum atomic E-state index is 9.45. The molecule has 1 atom stereocenters. The van der Waals surface area contributed by atoms with E-state index in [4.69, 9.17) is 0 Å². The van der Waals surface area contributed by atoms with E-state index >= 15 is 0 Å². The molecule has 2 N–H and O–H groups in total. The van der Waals surface area contributed by atoms with Crippen LogP contribution in [0.4, 0.5) is 0 Å². The molecule has 0 amide bonds. The van der Waals surface area contributed by atoms with Crippen LogP contribution < -0.4 is 5.32 Å². The van der Waals surface area contributed by atoms with Crippen molar-refractivity contribution in [2.45, 2.75) is 38.6 Å². The Bertz CT molecular complexity index is 225. The quantitative estimate of drug-likeness (QED) is 0.706. The molecule has 1 fully saturated rings. The minimum absolute atomic E-state index is 0.0998. The molecule has 1 aliphatic rings. The standard InChI is InChI=1S/C14H31N3O/c1-4-15-14(2,13-18)7-5-9-17-10-6-8-16(3)11-12-17/h15,18H,4-13H2,1-3H3. The lowest BCUT2D eigenvalue weighted by atomic mass is 9.96. The Morgan fingerprint density at radius 2 is 2.00 bits per heavy atom. The molecule has 0 aromatic rings. The highest BCUT2D eigenvalue weighted by Crippen LogP contribution is 2.12. The summed E-state index contributed by atoms with van der Waals surface area (Å²) < 4.78 is 0. The molecule has 18 heavy (non-hydrogen) atoms. The van der Waals surface area contributed by atoms with E-state index in [-0.39, 0.29) is 12.1 Å². The first kappa shape index (κ1) is 15.9. The topological polar surface area (TPSA) is 38.7 Å². The molecular formula is C14H31N3O. The highest BCUT2D eigenvalue weighted by atomic mass is 16.3. The van der Waals surface area contributed by atoms with Crippen LogP contribution in [-0.2, 0) is 0 Å². The van der Waals surface area contributed by atoms with Crippen molar-refractivity contribution in [1.29, 1.82) is 0 Å². The van der Waals surface area contributed by atoms with E-state index in [1.54, 1.807) is 0 Å². The van der Waals surface area contributed by atoms with Crippen LogP contribution >= 0.6 is 0 Å². The van der Waals surface area contributed by atoms with Crippen LogP contribution in [0.5, 0.6) is 0 Å². The molecule has 1 rings (SSSR count). The van der Waals surface area contributed by atoms with Gasteiger partial charge in [-0.05, 0) is 59.4 Å². The first-order chi connectivity index (χ1) is 8.59. The van der Waals surface area contributed by atoms with E-state index in [9.17, 15) is 5.11 Å². The van der Waals surface area contributed by atoms with E-state index < -0.39 is 0 Å². The molecule has 1 heterocycles. The number of rotatable bonds is 7. The van der Waals surface area contributed by atoms with Crippen molar-refractivity contribution in [3.05, 3.63) is 0 Å². The van der Waals surface area contributed by atoms with Crippen molar-refractivity contribution < 1.29 is 5.11 Å². The average molecular weight is 257 g/mol. The lowest BCUT2D eigenvalue weighted by molar-refractivity contribution is 0.158. The van der Waals surface area contributed by atoms with Gasteiger partial charge in [0.05, 0.1) is 6.61 Å². The monoisotopic (exact) mass is 257 g/mol. The molecule has 0 bridgehead atoms. The molecule has 0 spiro atoms. The Hall–Kier alpha value is -0.160. The molecule has 4 heteroatoms. The first-order valence-corrected chi connectivity index (χ1v) is 7.36. The van der Waals surface area contributed by atoms with E-state index in [0.29, 0.717) is 0 Å². The van der Waals surface area contributed by atoms with Crippen LogP contribution in [0.3, 0.4) is 0 Å². The zero-order valence-electron chi connectivity index (χ0n) is 12.4. The van der Waals surface area contributed by atoms with Gasteiger partial charge in [0.1, 0.15) is 0 Å². The normalized spacial score (nSPS) is 22.7. The van der Waals surface area contributed by atoms with E-state index in [2.05, 4.69) is 36.0 Å². The van der Waals surface area contributed by atoms with E-state index in [1.165, 1.54) is 32.6 Å². The lowest BCUT2D eigenvalue weighted by Gasteiger charge is -2.29. The Morgan fingerprint density at radius 3 is 2.67 bits per heavy atom. The lowest BCUT2D eigenvalue weighted by Crippen LogP contribution is -2.46. The Kier molecular flexibility index (Phi) is 7.15. The van der Waals surface area contributed by atoms with Gasteiger partial charge < -0.3 is 20.2 Å². The molecule has 0 aromatic heterocycles. The van der Waals surface area contributed by atoms with Crippen molar-refractivity contribution >= 4 is 0 Å². The van der Waals surface area contributed by atoms with Gasteiger partial charge in [-0.3, -0.25) is 0 Å². The highest BCUT2D eigenvalue weighted by molar-refractivity contribution is 4.82. The van der Waals surface area contributed by atoms with Crippen molar-refractivity contribution in [2.24, 2.45) is 0 Å². The molecule has 108 valence electrons. The van der Waals surface area contributed by atoms with Gasteiger partial charge in [-0.15, -0.1) is 0 Å². The van der Waals surface area contributed by atoms with Gasteiger partial charge in [0.15, 0.2) is 0 Å². The molecule has 0 radical (unpaired) electrons. The number of likely N-dealkylation sites (N-methyl/N-ethyl adjacent to an activating group) is 2. The minimum atomic E-state index is -0.0998. The molecular weight excluding hydrogens is 226 g/mol. The maximum absolute atomic E-state index is 9.45. The summed E-state index contributed by atoms with van der Waals surface area (Å²) in [6.45, 7) is 11.3. The van der Waals surface area contributed by atoms with Crippen LogP contribution in [0.1, 0.15) is 33.1 Å². The molecule has 1 saturated heterocycles. The first-order valence-electron chi connectivity index (χ1n) is 7.36. The summed E-state index contributed by atoms with van der Waals surface area (Å²) in [7, 11) is 2.21. The number of hydrogen-bond acceptors (Lipinski definition) is 4. The fourth-order valence-corrected chi connectivity index (χ4v) is 2.67. The zero-order valence-corrected chi connectivity index (χ0v) is 12.4. The van der Waals surface area contributed by atoms with Gasteiger partial charge in [-0.1, -0.05) is 6.92 Å². The number of nitrogens with zero attached hydrogens (tertiary/aromatic N) is 2. The predicted octanol–water partition coefficient (Wildman–Crippen LogP) is 0.765. The third kappa shape index (κ3) is 5.65. The van der Waals surface area contributed by atoms with E-state index in [1.807, 2.05) is 0 Å². The zero-order chi connectivity index (χ0) is 13.4. The number of hydrogen-bond donors (Lipinski definition) is 2. The maximum Gasteiger partial charge on any atom is 0.0610 e. The van der Waals surface area contributed by atoms with Crippen molar-refractivity contribution in [1.82, 2.24) is 15.1 Å². The minimum Gasteiger partial charge on any atom is -0.394 e. The number of aliphatic hydroxyl groups is 1. The van der Waals surface area contributed by atoms with Crippen molar-refractivity contribution in [3.63, 3.8) is 0 Å². The third-order valence-corrected chi connectivity index (χ3v) is 3.97. The fourth-order valence-electron chi connectivity index (χ4n) is 2.67. The second kappa shape index (κ2) is 8.10. The van der Waals surface area contributed by atoms with Crippen LogP contribution in [0, 0.1) is 0 Å². The Balaban J connectivity index is 2.23. The molecule has 1 aliphatic heterocycles. The van der Waals surface area contributed by atoms with Gasteiger partial charge in [-0.2, -0.15) is 0 Å². The number of aliphatic hydroxyl groups excluding tert-OH is 1. The summed E-state index contributed by atoms with van der Waals surface area (Å²) in [4.78, 5) is 4.98. The third-order valence-electron chi connectivity index (χ3n) is 3.97. The van der Waals surface area contributed by atoms with Crippen LogP contribution in [0.2, 0.25) is 0 Å². The average Bonchev–Trinajstić information content (AvgIpc) is 2.55. The van der Waals surface area contributed by atoms with Crippen LogP contribution in [-0.4, -0.2) is 73.4 Å². The van der Waals surface area contributed by atoms with Crippen LogP contribution in [0.15, 0.2) is 0 Å². The van der Waals surface area contributed by atoms with E-state index in [0.717, 1.165) is 25.9 Å². The summed E-state index contributed by atoms with van der Waals surface area (Å²) >= 11 is 0. The van der Waals surface area contributed by atoms with Gasteiger partial charge >= 0.3 is 0 Å². The molecule has 4 nitrogen and oxygen atoms in total. The van der Waals surface area contributed by atoms with Crippen molar-refractivity contribution in [3.8, 4) is 0 Å². The van der Waals surface area contributed by atoms with Gasteiger partial charge in [0.2, 0.25) is 0 Å². The molecule has 0 saturated carbocycles. The van der Waals surface area contributed by atoms with Crippen LogP contribution in [0.25, 0.3) is 0 Å². The van der Waals surface area contributed by atoms with Crippen molar-refractivity contribution in [2.75, 3.05) is 52.9 Å². The summed E-state index contributed by atoms with van der Waals surface area (Å²) in [5.74, 6) is 0. The molecule has 0 aliphatic carbocycles. The summed E-state index contributed by atoms with van der Waals surface area (Å²) in [6, 6.07) is 0. The fraction of sp³-hybridized carbons (Fsp3) is 1.00. The smallest absolute Gasteiger partial charge is 0.0610 e. The summed E-state index contributed by atoms with van der Waals surface area (Å²) in [6.07, 6.45) is 3.48. The summed E-state index contributed by atoms with van der Waals surface area (Å²) in [5.41, 5.74) is -0.0998. The predicted molar refractivity (Wildman–Crippen MR) is 77.0 cm³/mol. The van der Waals surface area contributed by atoms with Gasteiger partial charge in [0, 0.05) is 18.6 Å². The van der Waals surface area contributed by atoms with Gasteiger partial charge in [-0.25, -0.2) is 0 Å². The second-order valence-electron chi connectivity index (χ2n) is 5.85. The Labute approximate surface area is 112 Å².